The summed E-state index contributed by atoms with van der Waals surface area (Å²) >= 11 is 0. The van der Waals surface area contributed by atoms with E-state index in [0.717, 1.165) is 5.56 Å². The van der Waals surface area contributed by atoms with Crippen molar-refractivity contribution in [2.45, 2.75) is 19.3 Å². The smallest absolute Gasteiger partial charge is 0.222 e. The van der Waals surface area contributed by atoms with E-state index >= 15 is 0 Å². The number of amides is 1. The Labute approximate surface area is 97.2 Å². The second-order valence-electron chi connectivity index (χ2n) is 4.34. The minimum absolute atomic E-state index is 0.121. The van der Waals surface area contributed by atoms with Crippen molar-refractivity contribution in [3.63, 3.8) is 0 Å². The molecule has 0 fully saturated rings. The Balaban J connectivity index is 2.74. The van der Waals surface area contributed by atoms with Crippen LogP contribution in [0.5, 0.6) is 0 Å². The van der Waals surface area contributed by atoms with Crippen LogP contribution in [0.3, 0.4) is 0 Å². The third kappa shape index (κ3) is 3.35. The van der Waals surface area contributed by atoms with Gasteiger partial charge in [-0.25, -0.2) is 0 Å². The van der Waals surface area contributed by atoms with Gasteiger partial charge in [0.25, 0.3) is 0 Å². The van der Waals surface area contributed by atoms with E-state index in [9.17, 15) is 4.79 Å². The van der Waals surface area contributed by atoms with Gasteiger partial charge in [-0.2, -0.15) is 0 Å². The number of carbonyl (C=O) groups excluding carboxylic acids is 1. The molecule has 3 heteroatoms. The number of carbonyl (C=O) groups is 1. The van der Waals surface area contributed by atoms with Gasteiger partial charge < -0.3 is 10.6 Å². The molecule has 1 aromatic rings. The molecule has 1 amide bonds. The summed E-state index contributed by atoms with van der Waals surface area (Å²) in [5, 5.41) is 0. The molecule has 3 nitrogen and oxygen atoms in total. The predicted octanol–water partition coefficient (Wildman–Crippen LogP) is 1.52. The van der Waals surface area contributed by atoms with Gasteiger partial charge in [-0.05, 0) is 19.0 Å². The van der Waals surface area contributed by atoms with Crippen LogP contribution in [-0.4, -0.2) is 31.4 Å². The highest BCUT2D eigenvalue weighted by Crippen LogP contribution is 2.19. The summed E-state index contributed by atoms with van der Waals surface area (Å²) in [7, 11) is 3.54. The van der Waals surface area contributed by atoms with Crippen molar-refractivity contribution in [3.05, 3.63) is 35.4 Å². The molecule has 0 aliphatic heterocycles. The minimum atomic E-state index is 0.121. The van der Waals surface area contributed by atoms with Crippen LogP contribution in [-0.2, 0) is 4.79 Å². The van der Waals surface area contributed by atoms with Gasteiger partial charge in [0.05, 0.1) is 0 Å². The number of hydrogen-bond donors (Lipinski definition) is 1. The fraction of sp³-hybridized carbons (Fsp3) is 0.462. The second kappa shape index (κ2) is 5.66. The zero-order valence-corrected chi connectivity index (χ0v) is 10.2. The molecule has 0 saturated carbocycles. The lowest BCUT2D eigenvalue weighted by atomic mass is 9.94. The largest absolute Gasteiger partial charge is 0.349 e. The Hall–Kier alpha value is -1.35. The van der Waals surface area contributed by atoms with Crippen LogP contribution in [0.1, 0.15) is 23.5 Å². The van der Waals surface area contributed by atoms with Gasteiger partial charge >= 0.3 is 0 Å². The summed E-state index contributed by atoms with van der Waals surface area (Å²) in [6.45, 7) is 2.55. The summed E-state index contributed by atoms with van der Waals surface area (Å²) in [5.74, 6) is 0.242. The Kier molecular flexibility index (Phi) is 4.50. The Bertz CT molecular complexity index is 343. The van der Waals surface area contributed by atoms with Crippen molar-refractivity contribution in [2.75, 3.05) is 20.6 Å². The number of rotatable bonds is 4. The van der Waals surface area contributed by atoms with Crippen LogP contribution in [0.2, 0.25) is 0 Å². The average molecular weight is 220 g/mol. The third-order valence-electron chi connectivity index (χ3n) is 2.75. The average Bonchev–Trinajstić information content (AvgIpc) is 2.26. The van der Waals surface area contributed by atoms with Crippen molar-refractivity contribution in [2.24, 2.45) is 5.73 Å². The van der Waals surface area contributed by atoms with Crippen LogP contribution in [0.4, 0.5) is 0 Å². The summed E-state index contributed by atoms with van der Waals surface area (Å²) in [4.78, 5) is 13.2. The molecule has 0 spiro atoms. The number of benzene rings is 1. The van der Waals surface area contributed by atoms with Gasteiger partial charge in [0.15, 0.2) is 0 Å². The molecule has 1 aromatic carbocycles. The first-order chi connectivity index (χ1) is 7.54. The van der Waals surface area contributed by atoms with Gasteiger partial charge in [-0.15, -0.1) is 0 Å². The molecule has 1 unspecified atom stereocenters. The van der Waals surface area contributed by atoms with E-state index in [0.29, 0.717) is 13.0 Å². The van der Waals surface area contributed by atoms with Gasteiger partial charge in [0.2, 0.25) is 5.91 Å². The van der Waals surface area contributed by atoms with Crippen molar-refractivity contribution < 1.29 is 4.79 Å². The number of nitrogens with two attached hydrogens (primary N) is 1. The van der Waals surface area contributed by atoms with Crippen LogP contribution in [0.15, 0.2) is 24.3 Å². The number of aryl methyl sites for hydroxylation is 1. The molecule has 0 radical (unpaired) electrons. The van der Waals surface area contributed by atoms with E-state index in [1.54, 1.807) is 19.0 Å². The lowest BCUT2D eigenvalue weighted by Gasteiger charge is -2.17. The summed E-state index contributed by atoms with van der Waals surface area (Å²) < 4.78 is 0. The van der Waals surface area contributed by atoms with Crippen molar-refractivity contribution in [1.29, 1.82) is 0 Å². The summed E-state index contributed by atoms with van der Waals surface area (Å²) in [6.07, 6.45) is 0.479. The maximum Gasteiger partial charge on any atom is 0.222 e. The van der Waals surface area contributed by atoms with Crippen molar-refractivity contribution in [3.8, 4) is 0 Å². The van der Waals surface area contributed by atoms with E-state index in [2.05, 4.69) is 24.3 Å². The monoisotopic (exact) mass is 220 g/mol. The van der Waals surface area contributed by atoms with Gasteiger partial charge in [-0.1, -0.05) is 29.8 Å². The molecular weight excluding hydrogens is 200 g/mol. The highest BCUT2D eigenvalue weighted by Gasteiger charge is 2.15. The highest BCUT2D eigenvalue weighted by molar-refractivity contribution is 5.76. The Morgan fingerprint density at radius 1 is 1.31 bits per heavy atom. The SMILES string of the molecule is Cc1ccc(C(CN)CC(=O)N(C)C)cc1. The molecule has 0 aliphatic carbocycles. The lowest BCUT2D eigenvalue weighted by Crippen LogP contribution is -2.26. The van der Waals surface area contributed by atoms with E-state index in [4.69, 9.17) is 5.73 Å². The van der Waals surface area contributed by atoms with Gasteiger partial charge in [-0.3, -0.25) is 4.79 Å². The highest BCUT2D eigenvalue weighted by atomic mass is 16.2. The Morgan fingerprint density at radius 2 is 1.88 bits per heavy atom. The zero-order chi connectivity index (χ0) is 12.1. The zero-order valence-electron chi connectivity index (χ0n) is 10.2. The van der Waals surface area contributed by atoms with Gasteiger partial charge in [0.1, 0.15) is 0 Å². The quantitative estimate of drug-likeness (QED) is 0.836. The summed E-state index contributed by atoms with van der Waals surface area (Å²) in [6, 6.07) is 8.21. The molecule has 0 bridgehead atoms. The number of nitrogens with zero attached hydrogens (tertiary/aromatic N) is 1. The van der Waals surface area contributed by atoms with Crippen LogP contribution >= 0.6 is 0 Å². The molecule has 0 heterocycles. The number of hydrogen-bond acceptors (Lipinski definition) is 2. The van der Waals surface area contributed by atoms with E-state index in [1.165, 1.54) is 5.56 Å². The van der Waals surface area contributed by atoms with E-state index in [-0.39, 0.29) is 11.8 Å². The second-order valence-corrected chi connectivity index (χ2v) is 4.34. The molecular formula is C13H20N2O. The molecule has 0 aliphatic rings. The first kappa shape index (κ1) is 12.7. The molecule has 1 atom stereocenters. The molecule has 0 saturated heterocycles. The normalized spacial score (nSPS) is 12.2. The lowest BCUT2D eigenvalue weighted by molar-refractivity contribution is -0.129. The first-order valence-corrected chi connectivity index (χ1v) is 5.51. The summed E-state index contributed by atoms with van der Waals surface area (Å²) in [5.41, 5.74) is 8.08. The molecule has 88 valence electrons. The van der Waals surface area contributed by atoms with E-state index in [1.807, 2.05) is 6.92 Å². The topological polar surface area (TPSA) is 46.3 Å². The van der Waals surface area contributed by atoms with Crippen LogP contribution < -0.4 is 5.73 Å². The standard InChI is InChI=1S/C13H20N2O/c1-10-4-6-11(7-5-10)12(9-14)8-13(16)15(2)3/h4-7,12H,8-9,14H2,1-3H3. The predicted molar refractivity (Wildman–Crippen MR) is 66.3 cm³/mol. The van der Waals surface area contributed by atoms with Crippen LogP contribution in [0, 0.1) is 6.92 Å². The third-order valence-corrected chi connectivity index (χ3v) is 2.75. The molecule has 2 N–H and O–H groups in total. The molecule has 0 aromatic heterocycles. The van der Waals surface area contributed by atoms with Crippen molar-refractivity contribution >= 4 is 5.91 Å². The fourth-order valence-electron chi connectivity index (χ4n) is 1.57. The fourth-order valence-corrected chi connectivity index (χ4v) is 1.57. The van der Waals surface area contributed by atoms with Gasteiger partial charge in [0, 0.05) is 26.4 Å². The maximum atomic E-state index is 11.6. The Morgan fingerprint density at radius 3 is 2.31 bits per heavy atom. The van der Waals surface area contributed by atoms with Crippen molar-refractivity contribution in [1.82, 2.24) is 4.90 Å². The molecule has 16 heavy (non-hydrogen) atoms. The van der Waals surface area contributed by atoms with Crippen LogP contribution in [0.25, 0.3) is 0 Å². The van der Waals surface area contributed by atoms with E-state index < -0.39 is 0 Å². The molecule has 1 rings (SSSR count). The maximum absolute atomic E-state index is 11.6. The minimum Gasteiger partial charge on any atom is -0.349 e. The first-order valence-electron chi connectivity index (χ1n) is 5.51.